The third-order valence-electron chi connectivity index (χ3n) is 3.23. The Morgan fingerprint density at radius 3 is 2.74 bits per heavy atom. The van der Waals surface area contributed by atoms with Crippen LogP contribution in [0.3, 0.4) is 0 Å². The van der Waals surface area contributed by atoms with E-state index in [-0.39, 0.29) is 57.1 Å². The van der Waals surface area contributed by atoms with Gasteiger partial charge in [-0.1, -0.05) is 17.8 Å². The Kier molecular flexibility index (Phi) is 8.35. The van der Waals surface area contributed by atoms with Crippen molar-refractivity contribution in [3.05, 3.63) is 22.1 Å². The molecule has 0 aromatic heterocycles. The molecule has 120 valence electrons. The summed E-state index contributed by atoms with van der Waals surface area (Å²) < 4.78 is 4.88. The molecule has 1 N–H and O–H groups in total. The number of β-lactam (4-membered cyclic amide) rings is 1. The number of hydrogen-bond acceptors (Lipinski definition) is 8. The molecule has 2 aliphatic rings. The Morgan fingerprint density at radius 1 is 1.57 bits per heavy atom. The molecule has 0 spiro atoms. The van der Waals surface area contributed by atoms with Crippen molar-refractivity contribution in [3.8, 4) is 0 Å². The van der Waals surface area contributed by atoms with Crippen LogP contribution in [0.15, 0.2) is 22.1 Å². The number of rotatable bonds is 6. The van der Waals surface area contributed by atoms with Crippen LogP contribution < -0.4 is 56.5 Å². The minimum absolute atomic E-state index is 0. The summed E-state index contributed by atoms with van der Waals surface area (Å²) in [5.74, 6) is -2.59. The smallest absolute Gasteiger partial charge is 0.543 e. The fraction of sp³-hybridized carbons (Fsp3) is 0.462. The molecule has 7 nitrogen and oxygen atoms in total. The average Bonchev–Trinajstić information content (AvgIpc) is 2.77. The number of amides is 1. The molecular weight excluding hydrogens is 369 g/mol. The number of carboxylic acids is 1. The first-order valence-corrected chi connectivity index (χ1v) is 8.25. The number of carbonyl (C=O) groups excluding carboxylic acids is 3. The first kappa shape index (κ1) is 21.2. The molecule has 0 aromatic carbocycles. The van der Waals surface area contributed by atoms with Crippen LogP contribution in [0.5, 0.6) is 0 Å². The molecular formula is C13H14KNO6S2. The Labute approximate surface area is 184 Å². The van der Waals surface area contributed by atoms with E-state index in [1.165, 1.54) is 43.6 Å². The van der Waals surface area contributed by atoms with E-state index in [1.54, 1.807) is 6.08 Å². The van der Waals surface area contributed by atoms with Crippen molar-refractivity contribution in [2.24, 2.45) is 5.92 Å². The van der Waals surface area contributed by atoms with Gasteiger partial charge in [0.1, 0.15) is 5.37 Å². The van der Waals surface area contributed by atoms with Gasteiger partial charge < -0.3 is 19.7 Å². The first-order valence-electron chi connectivity index (χ1n) is 6.39. The maximum Gasteiger partial charge on any atom is 1.00 e. The number of hydrogen-bond donors (Lipinski definition) is 1. The van der Waals surface area contributed by atoms with E-state index in [1.807, 2.05) is 0 Å². The summed E-state index contributed by atoms with van der Waals surface area (Å²) >= 11 is 2.41. The standard InChI is InChI=1S/C13H15NO6S2.K/c1-6(15)8-10(17)14-9(12(18)19)13(22-11(8)14)21-5-3-4-7(16)20-2;/h3-4,6,8,11,15H,5H2,1-2H3,(H,18,19);/q;+1/p-1/b4-3-;/t6-,8+,11-;/m1./s1. The Morgan fingerprint density at radius 2 is 2.22 bits per heavy atom. The molecule has 23 heavy (non-hydrogen) atoms. The SMILES string of the molecule is COC(=O)/C=C\CSC1=C(C(=O)[O-])N2C(=O)[C@H]([C@@H](C)O)[C@H]2S1.[K+]. The topological polar surface area (TPSA) is 107 Å². The number of methoxy groups -OCH3 is 1. The minimum Gasteiger partial charge on any atom is -0.543 e. The van der Waals surface area contributed by atoms with Crippen LogP contribution in [0.2, 0.25) is 0 Å². The number of aliphatic hydroxyl groups excluding tert-OH is 1. The van der Waals surface area contributed by atoms with Crippen molar-refractivity contribution in [1.82, 2.24) is 4.90 Å². The second-order valence-electron chi connectivity index (χ2n) is 4.64. The van der Waals surface area contributed by atoms with Gasteiger partial charge in [0.25, 0.3) is 0 Å². The van der Waals surface area contributed by atoms with E-state index in [9.17, 15) is 24.6 Å². The van der Waals surface area contributed by atoms with Gasteiger partial charge in [-0.25, -0.2) is 4.79 Å². The largest absolute Gasteiger partial charge is 1.00 e. The fourth-order valence-corrected chi connectivity index (χ4v) is 4.93. The number of nitrogens with zero attached hydrogens (tertiary/aromatic N) is 1. The average molecular weight is 383 g/mol. The van der Waals surface area contributed by atoms with Crippen LogP contribution in [0.1, 0.15) is 6.92 Å². The summed E-state index contributed by atoms with van der Waals surface area (Å²) in [7, 11) is 1.26. The summed E-state index contributed by atoms with van der Waals surface area (Å²) in [6.45, 7) is 1.50. The van der Waals surface area contributed by atoms with Gasteiger partial charge in [-0.3, -0.25) is 9.69 Å². The van der Waals surface area contributed by atoms with Gasteiger partial charge in [-0.15, -0.1) is 11.8 Å². The van der Waals surface area contributed by atoms with E-state index < -0.39 is 35.2 Å². The second kappa shape index (κ2) is 9.04. The summed E-state index contributed by atoms with van der Waals surface area (Å²) in [6, 6.07) is 0. The van der Waals surface area contributed by atoms with Crippen molar-refractivity contribution >= 4 is 41.4 Å². The quantitative estimate of drug-likeness (QED) is 0.216. The summed E-state index contributed by atoms with van der Waals surface area (Å²) in [4.78, 5) is 35.3. The fourth-order valence-electron chi connectivity index (χ4n) is 2.18. The normalized spacial score (nSPS) is 24.1. The van der Waals surface area contributed by atoms with E-state index in [0.717, 1.165) is 4.90 Å². The summed E-state index contributed by atoms with van der Waals surface area (Å²) in [5.41, 5.74) is -0.159. The summed E-state index contributed by atoms with van der Waals surface area (Å²) in [6.07, 6.45) is 1.94. The molecule has 0 aromatic rings. The van der Waals surface area contributed by atoms with Gasteiger partial charge in [-0.05, 0) is 6.92 Å². The predicted molar refractivity (Wildman–Crippen MR) is 79.0 cm³/mol. The van der Waals surface area contributed by atoms with Crippen molar-refractivity contribution in [2.45, 2.75) is 18.4 Å². The number of carbonyl (C=O) groups is 3. The molecule has 0 unspecified atom stereocenters. The van der Waals surface area contributed by atoms with Crippen LogP contribution in [-0.4, -0.2) is 52.2 Å². The monoisotopic (exact) mass is 383 g/mol. The van der Waals surface area contributed by atoms with Crippen LogP contribution in [-0.2, 0) is 19.1 Å². The third kappa shape index (κ3) is 4.43. The number of ether oxygens (including phenoxy) is 1. The van der Waals surface area contributed by atoms with Crippen LogP contribution in [0.25, 0.3) is 0 Å². The number of thioether (sulfide) groups is 2. The van der Waals surface area contributed by atoms with Gasteiger partial charge in [-0.2, -0.15) is 0 Å². The molecule has 10 heteroatoms. The van der Waals surface area contributed by atoms with Crippen molar-refractivity contribution in [3.63, 3.8) is 0 Å². The molecule has 0 saturated carbocycles. The number of fused-ring (bicyclic) bond motifs is 1. The van der Waals surface area contributed by atoms with Gasteiger partial charge in [0.05, 0.1) is 35.0 Å². The molecule has 0 radical (unpaired) electrons. The number of carboxylic acid groups (broad SMARTS) is 1. The van der Waals surface area contributed by atoms with E-state index in [4.69, 9.17) is 0 Å². The number of aliphatic carboxylic acids is 1. The zero-order valence-electron chi connectivity index (χ0n) is 12.8. The second-order valence-corrected chi connectivity index (χ2v) is 7.06. The zero-order valence-corrected chi connectivity index (χ0v) is 17.6. The van der Waals surface area contributed by atoms with Gasteiger partial charge in [0.2, 0.25) is 5.91 Å². The Bertz CT molecular complexity index is 577. The van der Waals surface area contributed by atoms with Crippen molar-refractivity contribution in [1.29, 1.82) is 0 Å². The van der Waals surface area contributed by atoms with Crippen LogP contribution in [0, 0.1) is 5.92 Å². The van der Waals surface area contributed by atoms with E-state index >= 15 is 0 Å². The molecule has 2 rings (SSSR count). The van der Waals surface area contributed by atoms with Crippen molar-refractivity contribution < 1.29 is 80.7 Å². The number of esters is 1. The van der Waals surface area contributed by atoms with E-state index in [2.05, 4.69) is 4.74 Å². The van der Waals surface area contributed by atoms with E-state index in [0.29, 0.717) is 9.99 Å². The molecule has 2 heterocycles. The van der Waals surface area contributed by atoms with Crippen LogP contribution in [0.4, 0.5) is 0 Å². The Hall–Kier alpha value is 0.186. The molecule has 0 aliphatic carbocycles. The number of aliphatic hydroxyl groups is 1. The molecule has 1 saturated heterocycles. The maximum absolute atomic E-state index is 11.9. The zero-order chi connectivity index (χ0) is 16.4. The van der Waals surface area contributed by atoms with Gasteiger partial charge in [0.15, 0.2) is 0 Å². The molecule has 3 atom stereocenters. The Balaban J connectivity index is 0.00000264. The third-order valence-corrected chi connectivity index (χ3v) is 5.83. The molecule has 1 fully saturated rings. The van der Waals surface area contributed by atoms with Gasteiger partial charge in [0, 0.05) is 11.8 Å². The summed E-state index contributed by atoms with van der Waals surface area (Å²) in [5, 5.41) is 20.4. The van der Waals surface area contributed by atoms with Gasteiger partial charge >= 0.3 is 57.4 Å². The predicted octanol–water partition coefficient (Wildman–Crippen LogP) is -3.72. The van der Waals surface area contributed by atoms with Crippen LogP contribution >= 0.6 is 23.5 Å². The molecule has 2 aliphatic heterocycles. The molecule has 0 bridgehead atoms. The first-order chi connectivity index (χ1) is 10.4. The molecule has 1 amide bonds. The van der Waals surface area contributed by atoms with Crippen molar-refractivity contribution in [2.75, 3.05) is 12.9 Å². The maximum atomic E-state index is 11.9. The minimum atomic E-state index is -1.42.